The van der Waals surface area contributed by atoms with Gasteiger partial charge in [-0.05, 0) is 12.1 Å². The summed E-state index contributed by atoms with van der Waals surface area (Å²) in [5, 5.41) is 2.87. The van der Waals surface area contributed by atoms with E-state index in [4.69, 9.17) is 14.9 Å². The summed E-state index contributed by atoms with van der Waals surface area (Å²) in [6.07, 6.45) is -0.305. The standard InChI is InChI=1S/C11H12ClNO3S2/c12-18(15)16-10-7-17-6-9(10)13-11(14)8-4-2-1-3-5-8/h1-5,9-10H,6-7H2,(H,13,14)/t9-,10-,18?/m0/s1. The molecule has 1 N–H and O–H groups in total. The Hall–Kier alpha value is -0.560. The minimum absolute atomic E-state index is 0.156. The molecule has 1 aliphatic heterocycles. The van der Waals surface area contributed by atoms with Crippen LogP contribution in [-0.2, 0) is 14.5 Å². The first-order chi connectivity index (χ1) is 8.66. The lowest BCUT2D eigenvalue weighted by Crippen LogP contribution is -2.43. The minimum Gasteiger partial charge on any atom is -0.346 e. The second-order valence-electron chi connectivity index (χ2n) is 3.81. The first-order valence-corrected chi connectivity index (χ1v) is 8.41. The number of halogens is 1. The maximum Gasteiger partial charge on any atom is 0.256 e. The van der Waals surface area contributed by atoms with Gasteiger partial charge in [0.25, 0.3) is 16.2 Å². The van der Waals surface area contributed by atoms with Crippen molar-refractivity contribution < 1.29 is 13.2 Å². The number of hydrogen-bond donors (Lipinski definition) is 1. The lowest BCUT2D eigenvalue weighted by atomic mass is 10.1. The summed E-state index contributed by atoms with van der Waals surface area (Å²) in [7, 11) is 3.48. The molecule has 1 aliphatic rings. The van der Waals surface area contributed by atoms with Crippen molar-refractivity contribution >= 4 is 38.6 Å². The summed E-state index contributed by atoms with van der Waals surface area (Å²) < 4.78 is 15.9. The second-order valence-corrected chi connectivity index (χ2v) is 6.22. The fourth-order valence-corrected chi connectivity index (χ4v) is 3.69. The van der Waals surface area contributed by atoms with Crippen LogP contribution in [0.5, 0.6) is 0 Å². The SMILES string of the molecule is O=C(N[C@H]1CSC[C@@H]1OS(=O)Cl)c1ccccc1. The van der Waals surface area contributed by atoms with Crippen molar-refractivity contribution in [1.29, 1.82) is 0 Å². The van der Waals surface area contributed by atoms with Crippen LogP contribution in [0.3, 0.4) is 0 Å². The summed E-state index contributed by atoms with van der Waals surface area (Å²) in [6, 6.07) is 8.79. The quantitative estimate of drug-likeness (QED) is 0.861. The van der Waals surface area contributed by atoms with Gasteiger partial charge in [-0.25, -0.2) is 4.21 Å². The van der Waals surface area contributed by atoms with Crippen molar-refractivity contribution in [2.45, 2.75) is 12.1 Å². The highest BCUT2D eigenvalue weighted by Crippen LogP contribution is 2.22. The van der Waals surface area contributed by atoms with Crippen LogP contribution in [0.25, 0.3) is 0 Å². The molecule has 0 saturated carbocycles. The fraction of sp³-hybridized carbons (Fsp3) is 0.364. The first kappa shape index (κ1) is 13.9. The predicted octanol–water partition coefficient (Wildman–Crippen LogP) is 1.73. The van der Waals surface area contributed by atoms with Crippen molar-refractivity contribution in [2.75, 3.05) is 11.5 Å². The number of hydrogen-bond acceptors (Lipinski definition) is 4. The molecule has 0 bridgehead atoms. The van der Waals surface area contributed by atoms with Gasteiger partial charge in [-0.2, -0.15) is 11.8 Å². The molecule has 1 unspecified atom stereocenters. The smallest absolute Gasteiger partial charge is 0.256 e. The first-order valence-electron chi connectivity index (χ1n) is 5.35. The van der Waals surface area contributed by atoms with Gasteiger partial charge in [-0.3, -0.25) is 8.98 Å². The maximum atomic E-state index is 11.9. The molecule has 7 heteroatoms. The molecule has 1 aromatic rings. The molecule has 4 nitrogen and oxygen atoms in total. The number of nitrogens with one attached hydrogen (secondary N) is 1. The largest absolute Gasteiger partial charge is 0.346 e. The molecule has 0 aromatic heterocycles. The Morgan fingerprint density at radius 1 is 1.39 bits per heavy atom. The molecule has 18 heavy (non-hydrogen) atoms. The molecular weight excluding hydrogens is 294 g/mol. The Bertz CT molecular complexity index is 443. The molecule has 0 spiro atoms. The number of carbonyl (C=O) groups excluding carboxylic acids is 1. The summed E-state index contributed by atoms with van der Waals surface area (Å²) in [5.41, 5.74) is 0.597. The Labute approximate surface area is 117 Å². The highest BCUT2D eigenvalue weighted by atomic mass is 35.7. The molecule has 1 aromatic carbocycles. The number of amides is 1. The van der Waals surface area contributed by atoms with E-state index in [-0.39, 0.29) is 18.1 Å². The van der Waals surface area contributed by atoms with Crippen LogP contribution in [0.1, 0.15) is 10.4 Å². The van der Waals surface area contributed by atoms with Crippen molar-refractivity contribution in [3.05, 3.63) is 35.9 Å². The van der Waals surface area contributed by atoms with Gasteiger partial charge < -0.3 is 5.32 Å². The monoisotopic (exact) mass is 305 g/mol. The number of rotatable bonds is 4. The Morgan fingerprint density at radius 3 is 2.78 bits per heavy atom. The maximum absolute atomic E-state index is 11.9. The van der Waals surface area contributed by atoms with Gasteiger partial charge in [0.15, 0.2) is 0 Å². The zero-order valence-corrected chi connectivity index (χ0v) is 11.8. The Balaban J connectivity index is 1.96. The van der Waals surface area contributed by atoms with Crippen molar-refractivity contribution in [3.8, 4) is 0 Å². The van der Waals surface area contributed by atoms with Crippen LogP contribution >= 0.6 is 22.4 Å². The van der Waals surface area contributed by atoms with Crippen LogP contribution in [0.4, 0.5) is 0 Å². The third-order valence-electron chi connectivity index (χ3n) is 2.58. The lowest BCUT2D eigenvalue weighted by Gasteiger charge is -2.18. The fourth-order valence-electron chi connectivity index (χ4n) is 1.70. The third kappa shape index (κ3) is 3.71. The summed E-state index contributed by atoms with van der Waals surface area (Å²) in [5.74, 6) is 1.26. The molecule has 98 valence electrons. The van der Waals surface area contributed by atoms with E-state index in [0.29, 0.717) is 11.3 Å². The van der Waals surface area contributed by atoms with E-state index in [2.05, 4.69) is 5.32 Å². The van der Waals surface area contributed by atoms with E-state index in [1.807, 2.05) is 6.07 Å². The van der Waals surface area contributed by atoms with Gasteiger partial charge in [-0.15, -0.1) is 0 Å². The molecule has 2 rings (SSSR count). The highest BCUT2D eigenvalue weighted by molar-refractivity contribution is 8.04. The average molecular weight is 306 g/mol. The third-order valence-corrected chi connectivity index (χ3v) is 4.36. The van der Waals surface area contributed by atoms with E-state index in [1.54, 1.807) is 36.0 Å². The van der Waals surface area contributed by atoms with Crippen LogP contribution in [-0.4, -0.2) is 33.8 Å². The van der Waals surface area contributed by atoms with E-state index in [1.165, 1.54) is 0 Å². The van der Waals surface area contributed by atoms with Crippen LogP contribution in [0.15, 0.2) is 30.3 Å². The summed E-state index contributed by atoms with van der Waals surface area (Å²) in [4.78, 5) is 11.9. The van der Waals surface area contributed by atoms with Crippen LogP contribution in [0, 0.1) is 0 Å². The summed E-state index contributed by atoms with van der Waals surface area (Å²) in [6.45, 7) is 0. The van der Waals surface area contributed by atoms with Gasteiger partial charge >= 0.3 is 0 Å². The molecule has 3 atom stereocenters. The van der Waals surface area contributed by atoms with E-state index < -0.39 is 10.3 Å². The molecule has 1 amide bonds. The minimum atomic E-state index is -1.83. The summed E-state index contributed by atoms with van der Waals surface area (Å²) >= 11 is 1.64. The number of carbonyl (C=O) groups is 1. The Morgan fingerprint density at radius 2 is 2.11 bits per heavy atom. The molecular formula is C11H12ClNO3S2. The molecule has 1 heterocycles. The average Bonchev–Trinajstić information content (AvgIpc) is 2.77. The zero-order valence-electron chi connectivity index (χ0n) is 9.37. The van der Waals surface area contributed by atoms with Gasteiger partial charge in [0.1, 0.15) is 6.10 Å². The molecule has 1 saturated heterocycles. The van der Waals surface area contributed by atoms with Gasteiger partial charge in [0.05, 0.1) is 6.04 Å². The topological polar surface area (TPSA) is 55.4 Å². The van der Waals surface area contributed by atoms with Crippen LogP contribution < -0.4 is 5.32 Å². The Kier molecular flexibility index (Phi) is 5.05. The van der Waals surface area contributed by atoms with Crippen molar-refractivity contribution in [2.24, 2.45) is 0 Å². The van der Waals surface area contributed by atoms with E-state index in [9.17, 15) is 9.00 Å². The lowest BCUT2D eigenvalue weighted by molar-refractivity contribution is 0.0911. The van der Waals surface area contributed by atoms with Crippen molar-refractivity contribution in [1.82, 2.24) is 5.32 Å². The van der Waals surface area contributed by atoms with Gasteiger partial charge in [0.2, 0.25) is 0 Å². The number of thioether (sulfide) groups is 1. The van der Waals surface area contributed by atoms with Crippen LogP contribution in [0.2, 0.25) is 0 Å². The number of benzene rings is 1. The van der Waals surface area contributed by atoms with E-state index in [0.717, 1.165) is 5.75 Å². The highest BCUT2D eigenvalue weighted by Gasteiger charge is 2.31. The zero-order chi connectivity index (χ0) is 13.0. The second kappa shape index (κ2) is 6.56. The van der Waals surface area contributed by atoms with Gasteiger partial charge in [-0.1, -0.05) is 18.2 Å². The van der Waals surface area contributed by atoms with E-state index >= 15 is 0 Å². The molecule has 0 aliphatic carbocycles. The van der Waals surface area contributed by atoms with Crippen molar-refractivity contribution in [3.63, 3.8) is 0 Å². The van der Waals surface area contributed by atoms with Gasteiger partial charge in [0, 0.05) is 27.8 Å². The molecule has 0 radical (unpaired) electrons. The predicted molar refractivity (Wildman–Crippen MR) is 73.9 cm³/mol. The normalized spacial score (nSPS) is 24.7. The molecule has 1 fully saturated rings.